The minimum Gasteiger partial charge on any atom is -0.399 e. The fourth-order valence-electron chi connectivity index (χ4n) is 2.49. The Balaban J connectivity index is 0.00000180. The second-order valence-corrected chi connectivity index (χ2v) is 4.76. The highest BCUT2D eigenvalue weighted by Crippen LogP contribution is 2.15. The van der Waals surface area contributed by atoms with Gasteiger partial charge >= 0.3 is 0 Å². The number of nitrogens with two attached hydrogens (primary N) is 1. The smallest absolute Gasteiger partial charge is 0.251 e. The molecule has 1 atom stereocenters. The monoisotopic (exact) mass is 283 g/mol. The maximum Gasteiger partial charge on any atom is 0.251 e. The van der Waals surface area contributed by atoms with Gasteiger partial charge < -0.3 is 11.1 Å². The normalized spacial score (nSPS) is 18.9. The number of carbonyl (C=O) groups is 1. The molecule has 1 amide bonds. The molecule has 19 heavy (non-hydrogen) atoms. The largest absolute Gasteiger partial charge is 0.399 e. The first-order chi connectivity index (χ1) is 8.70. The van der Waals surface area contributed by atoms with Gasteiger partial charge in [-0.05, 0) is 50.2 Å². The van der Waals surface area contributed by atoms with Crippen molar-refractivity contribution in [2.45, 2.75) is 25.8 Å². The van der Waals surface area contributed by atoms with Gasteiger partial charge in [0.1, 0.15) is 0 Å². The van der Waals surface area contributed by atoms with E-state index in [1.807, 2.05) is 0 Å². The van der Waals surface area contributed by atoms with Crippen LogP contribution in [0, 0.1) is 0 Å². The third kappa shape index (κ3) is 4.11. The number of likely N-dealkylation sites (tertiary alicyclic amines) is 1. The lowest BCUT2D eigenvalue weighted by molar-refractivity contribution is 0.0941. The van der Waals surface area contributed by atoms with Gasteiger partial charge in [-0.3, -0.25) is 9.69 Å². The maximum absolute atomic E-state index is 11.9. The molecule has 1 aliphatic rings. The molecular weight excluding hydrogens is 262 g/mol. The van der Waals surface area contributed by atoms with Gasteiger partial charge in [0, 0.05) is 23.8 Å². The van der Waals surface area contributed by atoms with Gasteiger partial charge in [0.15, 0.2) is 0 Å². The van der Waals surface area contributed by atoms with Crippen LogP contribution in [0.25, 0.3) is 0 Å². The average Bonchev–Trinajstić information content (AvgIpc) is 2.84. The molecule has 5 heteroatoms. The zero-order valence-electron chi connectivity index (χ0n) is 11.3. The zero-order valence-corrected chi connectivity index (χ0v) is 12.1. The van der Waals surface area contributed by atoms with Crippen molar-refractivity contribution in [3.63, 3.8) is 0 Å². The number of nitrogen functional groups attached to an aromatic ring is 1. The minimum atomic E-state index is -0.0158. The Morgan fingerprint density at radius 3 is 2.74 bits per heavy atom. The van der Waals surface area contributed by atoms with Gasteiger partial charge in [0.05, 0.1) is 0 Å². The van der Waals surface area contributed by atoms with E-state index in [0.717, 1.165) is 19.6 Å². The lowest BCUT2D eigenvalue weighted by atomic mass is 10.1. The van der Waals surface area contributed by atoms with Gasteiger partial charge in [-0.1, -0.05) is 6.92 Å². The number of nitrogens with one attached hydrogen (secondary N) is 1. The lowest BCUT2D eigenvalue weighted by Crippen LogP contribution is -2.40. The highest BCUT2D eigenvalue weighted by atomic mass is 35.5. The molecule has 1 saturated heterocycles. The number of hydrogen-bond acceptors (Lipinski definition) is 3. The summed E-state index contributed by atoms with van der Waals surface area (Å²) in [7, 11) is 0. The van der Waals surface area contributed by atoms with E-state index >= 15 is 0 Å². The van der Waals surface area contributed by atoms with Crippen molar-refractivity contribution in [2.24, 2.45) is 0 Å². The number of halogens is 1. The van der Waals surface area contributed by atoms with Crippen LogP contribution in [-0.4, -0.2) is 36.5 Å². The van der Waals surface area contributed by atoms with Gasteiger partial charge in [-0.25, -0.2) is 0 Å². The molecule has 1 aromatic rings. The Kier molecular flexibility index (Phi) is 6.12. The molecule has 1 fully saturated rings. The predicted octanol–water partition coefficient (Wildman–Crippen LogP) is 1.90. The first-order valence-corrected chi connectivity index (χ1v) is 6.58. The van der Waals surface area contributed by atoms with E-state index in [2.05, 4.69) is 17.1 Å². The Labute approximate surface area is 120 Å². The molecule has 0 spiro atoms. The van der Waals surface area contributed by atoms with Crippen molar-refractivity contribution in [3.05, 3.63) is 29.8 Å². The van der Waals surface area contributed by atoms with Crippen LogP contribution >= 0.6 is 12.4 Å². The first-order valence-electron chi connectivity index (χ1n) is 6.58. The van der Waals surface area contributed by atoms with E-state index in [0.29, 0.717) is 17.3 Å². The van der Waals surface area contributed by atoms with Crippen LogP contribution in [0.5, 0.6) is 0 Å². The van der Waals surface area contributed by atoms with Gasteiger partial charge in [-0.15, -0.1) is 12.4 Å². The second kappa shape index (κ2) is 7.36. The number of anilines is 1. The molecule has 1 aromatic carbocycles. The molecule has 2 rings (SSSR count). The van der Waals surface area contributed by atoms with E-state index in [-0.39, 0.29) is 18.3 Å². The summed E-state index contributed by atoms with van der Waals surface area (Å²) < 4.78 is 0. The number of amides is 1. The van der Waals surface area contributed by atoms with E-state index in [4.69, 9.17) is 5.73 Å². The Hall–Kier alpha value is -1.26. The molecule has 1 heterocycles. The molecule has 1 aliphatic heterocycles. The number of likely N-dealkylation sites (N-methyl/N-ethyl adjacent to an activating group) is 1. The number of carbonyl (C=O) groups excluding carboxylic acids is 1. The fraction of sp³-hybridized carbons (Fsp3) is 0.500. The molecule has 4 nitrogen and oxygen atoms in total. The minimum absolute atomic E-state index is 0. The van der Waals surface area contributed by atoms with Gasteiger partial charge in [0.2, 0.25) is 0 Å². The number of rotatable bonds is 4. The number of benzene rings is 1. The van der Waals surface area contributed by atoms with Gasteiger partial charge in [-0.2, -0.15) is 0 Å². The summed E-state index contributed by atoms with van der Waals surface area (Å²) in [5.74, 6) is -0.0158. The van der Waals surface area contributed by atoms with Crippen molar-refractivity contribution >= 4 is 24.0 Å². The zero-order chi connectivity index (χ0) is 13.0. The average molecular weight is 284 g/mol. The SMILES string of the molecule is CCN1CCCC1CNC(=O)c1ccc(N)cc1.Cl. The van der Waals surface area contributed by atoms with Crippen LogP contribution < -0.4 is 11.1 Å². The Bertz CT molecular complexity index is 408. The van der Waals surface area contributed by atoms with Crippen LogP contribution in [-0.2, 0) is 0 Å². The summed E-state index contributed by atoms with van der Waals surface area (Å²) in [6, 6.07) is 7.52. The van der Waals surface area contributed by atoms with Crippen LogP contribution in [0.3, 0.4) is 0 Å². The third-order valence-electron chi connectivity index (χ3n) is 3.58. The molecular formula is C14H22ClN3O. The lowest BCUT2D eigenvalue weighted by Gasteiger charge is -2.22. The fourth-order valence-corrected chi connectivity index (χ4v) is 2.49. The summed E-state index contributed by atoms with van der Waals surface area (Å²) in [6.07, 6.45) is 2.41. The molecule has 106 valence electrons. The summed E-state index contributed by atoms with van der Waals surface area (Å²) in [6.45, 7) is 5.11. The van der Waals surface area contributed by atoms with Gasteiger partial charge in [0.25, 0.3) is 5.91 Å². The molecule has 0 bridgehead atoms. The first kappa shape index (κ1) is 15.8. The summed E-state index contributed by atoms with van der Waals surface area (Å²) in [5.41, 5.74) is 6.95. The van der Waals surface area contributed by atoms with E-state index in [9.17, 15) is 4.79 Å². The van der Waals surface area contributed by atoms with E-state index in [1.54, 1.807) is 24.3 Å². The molecule has 0 aliphatic carbocycles. The summed E-state index contributed by atoms with van der Waals surface area (Å²) in [4.78, 5) is 14.4. The van der Waals surface area contributed by atoms with E-state index < -0.39 is 0 Å². The van der Waals surface area contributed by atoms with Crippen molar-refractivity contribution < 1.29 is 4.79 Å². The topological polar surface area (TPSA) is 58.4 Å². The summed E-state index contributed by atoms with van der Waals surface area (Å²) >= 11 is 0. The van der Waals surface area contributed by atoms with E-state index in [1.165, 1.54) is 12.8 Å². The number of nitrogens with zero attached hydrogens (tertiary/aromatic N) is 1. The Morgan fingerprint density at radius 2 is 2.11 bits per heavy atom. The predicted molar refractivity (Wildman–Crippen MR) is 80.7 cm³/mol. The van der Waals surface area contributed by atoms with Crippen molar-refractivity contribution in [1.82, 2.24) is 10.2 Å². The highest BCUT2D eigenvalue weighted by Gasteiger charge is 2.23. The van der Waals surface area contributed by atoms with Crippen LogP contribution in [0.4, 0.5) is 5.69 Å². The maximum atomic E-state index is 11.9. The molecule has 1 unspecified atom stereocenters. The van der Waals surface area contributed by atoms with Crippen molar-refractivity contribution in [3.8, 4) is 0 Å². The molecule has 0 radical (unpaired) electrons. The highest BCUT2D eigenvalue weighted by molar-refractivity contribution is 5.94. The quantitative estimate of drug-likeness (QED) is 0.830. The van der Waals surface area contributed by atoms with Crippen molar-refractivity contribution in [1.29, 1.82) is 0 Å². The number of hydrogen-bond donors (Lipinski definition) is 2. The Morgan fingerprint density at radius 1 is 1.42 bits per heavy atom. The molecule has 0 aromatic heterocycles. The van der Waals surface area contributed by atoms with Crippen LogP contribution in [0.15, 0.2) is 24.3 Å². The standard InChI is InChI=1S/C14H21N3O.ClH/c1-2-17-9-3-4-13(17)10-16-14(18)11-5-7-12(15)8-6-11;/h5-8,13H,2-4,9-10,15H2,1H3,(H,16,18);1H. The van der Waals surface area contributed by atoms with Crippen LogP contribution in [0.2, 0.25) is 0 Å². The van der Waals surface area contributed by atoms with Crippen LogP contribution in [0.1, 0.15) is 30.1 Å². The molecule has 3 N–H and O–H groups in total. The van der Waals surface area contributed by atoms with Crippen molar-refractivity contribution in [2.75, 3.05) is 25.4 Å². The third-order valence-corrected chi connectivity index (χ3v) is 3.58. The summed E-state index contributed by atoms with van der Waals surface area (Å²) in [5, 5.41) is 3.00. The second-order valence-electron chi connectivity index (χ2n) is 4.76. The molecule has 0 saturated carbocycles.